The van der Waals surface area contributed by atoms with Crippen LogP contribution in [0.15, 0.2) is 18.2 Å². The number of carboxylic acids is 1. The van der Waals surface area contributed by atoms with Crippen LogP contribution in [0.2, 0.25) is 5.15 Å². The van der Waals surface area contributed by atoms with E-state index in [2.05, 4.69) is 4.98 Å². The first kappa shape index (κ1) is 11.8. The lowest BCUT2D eigenvalue weighted by Crippen LogP contribution is -2.06. The van der Waals surface area contributed by atoms with Gasteiger partial charge in [0.15, 0.2) is 0 Å². The largest absolute Gasteiger partial charge is 0.478 e. The third-order valence-electron chi connectivity index (χ3n) is 2.60. The zero-order valence-corrected chi connectivity index (χ0v) is 9.75. The highest BCUT2D eigenvalue weighted by atomic mass is 35.5. The lowest BCUT2D eigenvalue weighted by molar-refractivity contribution is 0.0695. The van der Waals surface area contributed by atoms with Crippen LogP contribution in [-0.2, 0) is 6.42 Å². The average Bonchev–Trinajstić information content (AvgIpc) is 2.28. The summed E-state index contributed by atoms with van der Waals surface area (Å²) in [6.45, 7) is 1.79. The van der Waals surface area contributed by atoms with Crippen molar-refractivity contribution >= 4 is 28.5 Å². The number of halogens is 2. The highest BCUT2D eigenvalue weighted by molar-refractivity contribution is 6.33. The average molecular weight is 254 g/mol. The Balaban J connectivity index is 2.95. The summed E-state index contributed by atoms with van der Waals surface area (Å²) in [6, 6.07) is 4.44. The molecular formula is C12H9ClFNO2. The predicted molar refractivity (Wildman–Crippen MR) is 63.0 cm³/mol. The van der Waals surface area contributed by atoms with Crippen molar-refractivity contribution in [3.05, 3.63) is 40.3 Å². The number of hydrogen-bond acceptors (Lipinski definition) is 2. The molecule has 0 amide bonds. The van der Waals surface area contributed by atoms with Crippen LogP contribution in [0.1, 0.15) is 22.8 Å². The van der Waals surface area contributed by atoms with E-state index < -0.39 is 11.8 Å². The number of fused-ring (bicyclic) bond motifs is 1. The van der Waals surface area contributed by atoms with E-state index in [1.165, 1.54) is 12.1 Å². The second-order valence-corrected chi connectivity index (χ2v) is 3.91. The van der Waals surface area contributed by atoms with Gasteiger partial charge >= 0.3 is 5.97 Å². The van der Waals surface area contributed by atoms with Crippen LogP contribution in [0.4, 0.5) is 4.39 Å². The van der Waals surface area contributed by atoms with E-state index >= 15 is 0 Å². The van der Waals surface area contributed by atoms with Crippen molar-refractivity contribution in [1.82, 2.24) is 4.98 Å². The number of carboxylic acid groups (broad SMARTS) is 1. The predicted octanol–water partition coefficient (Wildman–Crippen LogP) is 3.29. The monoisotopic (exact) mass is 253 g/mol. The molecule has 0 aliphatic rings. The molecule has 0 saturated heterocycles. The molecule has 0 fully saturated rings. The van der Waals surface area contributed by atoms with Crippen molar-refractivity contribution in [1.29, 1.82) is 0 Å². The summed E-state index contributed by atoms with van der Waals surface area (Å²) in [5, 5.41) is 9.41. The van der Waals surface area contributed by atoms with E-state index in [4.69, 9.17) is 16.7 Å². The van der Waals surface area contributed by atoms with Crippen LogP contribution in [0.3, 0.4) is 0 Å². The SMILES string of the molecule is CCc1c(C(=O)O)c(Cl)nc2c(F)cccc12. The molecule has 0 unspecified atom stereocenters. The Morgan fingerprint density at radius 1 is 1.53 bits per heavy atom. The van der Waals surface area contributed by atoms with Crippen molar-refractivity contribution < 1.29 is 14.3 Å². The van der Waals surface area contributed by atoms with Crippen molar-refractivity contribution in [2.45, 2.75) is 13.3 Å². The van der Waals surface area contributed by atoms with E-state index in [0.717, 1.165) is 0 Å². The molecule has 5 heteroatoms. The lowest BCUT2D eigenvalue weighted by atomic mass is 10.0. The number of rotatable bonds is 2. The van der Waals surface area contributed by atoms with Crippen molar-refractivity contribution in [3.63, 3.8) is 0 Å². The number of nitrogens with zero attached hydrogens (tertiary/aromatic N) is 1. The Morgan fingerprint density at radius 3 is 2.82 bits per heavy atom. The quantitative estimate of drug-likeness (QED) is 0.836. The number of carbonyl (C=O) groups is 1. The van der Waals surface area contributed by atoms with Gasteiger partial charge in [-0.3, -0.25) is 0 Å². The van der Waals surface area contributed by atoms with Gasteiger partial charge in [0, 0.05) is 5.39 Å². The summed E-state index contributed by atoms with van der Waals surface area (Å²) >= 11 is 5.80. The molecular weight excluding hydrogens is 245 g/mol. The third kappa shape index (κ3) is 1.85. The minimum Gasteiger partial charge on any atom is -0.478 e. The van der Waals surface area contributed by atoms with E-state index in [0.29, 0.717) is 17.4 Å². The normalized spacial score (nSPS) is 10.8. The molecule has 1 aromatic heterocycles. The fraction of sp³-hybridized carbons (Fsp3) is 0.167. The van der Waals surface area contributed by atoms with Gasteiger partial charge < -0.3 is 5.11 Å². The molecule has 0 spiro atoms. The van der Waals surface area contributed by atoms with Gasteiger partial charge in [0.2, 0.25) is 0 Å². The van der Waals surface area contributed by atoms with Crippen LogP contribution in [0.25, 0.3) is 10.9 Å². The lowest BCUT2D eigenvalue weighted by Gasteiger charge is -2.10. The molecule has 0 atom stereocenters. The zero-order valence-electron chi connectivity index (χ0n) is 9.00. The minimum atomic E-state index is -1.15. The minimum absolute atomic E-state index is 0.0488. The maximum absolute atomic E-state index is 13.5. The first-order chi connectivity index (χ1) is 8.06. The van der Waals surface area contributed by atoms with Gasteiger partial charge in [-0.25, -0.2) is 14.2 Å². The number of benzene rings is 1. The summed E-state index contributed by atoms with van der Waals surface area (Å²) in [4.78, 5) is 14.9. The zero-order chi connectivity index (χ0) is 12.6. The number of aromatic nitrogens is 1. The van der Waals surface area contributed by atoms with Gasteiger partial charge in [-0.1, -0.05) is 30.7 Å². The summed E-state index contributed by atoms with van der Waals surface area (Å²) in [5.74, 6) is -1.65. The molecule has 0 saturated carbocycles. The second kappa shape index (κ2) is 4.30. The van der Waals surface area contributed by atoms with E-state index in [9.17, 15) is 9.18 Å². The molecule has 1 aromatic carbocycles. The smallest absolute Gasteiger partial charge is 0.339 e. The summed E-state index contributed by atoms with van der Waals surface area (Å²) in [5.41, 5.74) is 0.568. The molecule has 0 radical (unpaired) electrons. The van der Waals surface area contributed by atoms with Gasteiger partial charge in [0.25, 0.3) is 0 Å². The molecule has 88 valence electrons. The van der Waals surface area contributed by atoms with Crippen LogP contribution >= 0.6 is 11.6 Å². The van der Waals surface area contributed by atoms with Gasteiger partial charge in [-0.15, -0.1) is 0 Å². The van der Waals surface area contributed by atoms with Crippen molar-refractivity contribution in [2.75, 3.05) is 0 Å². The fourth-order valence-electron chi connectivity index (χ4n) is 1.87. The summed E-state index contributed by atoms with van der Waals surface area (Å²) in [7, 11) is 0. The molecule has 0 aliphatic heterocycles. The third-order valence-corrected chi connectivity index (χ3v) is 2.87. The molecule has 0 aliphatic carbocycles. The summed E-state index contributed by atoms with van der Waals surface area (Å²) in [6.07, 6.45) is 0.448. The Hall–Kier alpha value is -1.68. The highest BCUT2D eigenvalue weighted by Crippen LogP contribution is 2.28. The number of hydrogen-bond donors (Lipinski definition) is 1. The number of para-hydroxylation sites is 1. The van der Waals surface area contributed by atoms with Gasteiger partial charge in [-0.05, 0) is 18.1 Å². The molecule has 1 heterocycles. The second-order valence-electron chi connectivity index (χ2n) is 3.55. The highest BCUT2D eigenvalue weighted by Gasteiger charge is 2.19. The van der Waals surface area contributed by atoms with Crippen molar-refractivity contribution in [2.24, 2.45) is 0 Å². The maximum Gasteiger partial charge on any atom is 0.339 e. The topological polar surface area (TPSA) is 50.2 Å². The van der Waals surface area contributed by atoms with Gasteiger partial charge in [-0.2, -0.15) is 0 Å². The van der Waals surface area contributed by atoms with Crippen LogP contribution < -0.4 is 0 Å². The first-order valence-electron chi connectivity index (χ1n) is 5.06. The number of aryl methyl sites for hydroxylation is 1. The van der Waals surface area contributed by atoms with Crippen LogP contribution in [0, 0.1) is 5.82 Å². The molecule has 3 nitrogen and oxygen atoms in total. The van der Waals surface area contributed by atoms with Gasteiger partial charge in [0.05, 0.1) is 0 Å². The van der Waals surface area contributed by atoms with Crippen LogP contribution in [-0.4, -0.2) is 16.1 Å². The van der Waals surface area contributed by atoms with Gasteiger partial charge in [0.1, 0.15) is 22.1 Å². The van der Waals surface area contributed by atoms with E-state index in [1.807, 2.05) is 0 Å². The molecule has 2 rings (SSSR count). The maximum atomic E-state index is 13.5. The molecule has 2 aromatic rings. The standard InChI is InChI=1S/C12H9ClFNO2/c1-2-6-7-4-3-5-8(14)10(7)15-11(13)9(6)12(16)17/h3-5H,2H2,1H3,(H,16,17). The van der Waals surface area contributed by atoms with E-state index in [1.54, 1.807) is 13.0 Å². The Bertz CT molecular complexity index is 613. The Morgan fingerprint density at radius 2 is 2.24 bits per heavy atom. The molecule has 17 heavy (non-hydrogen) atoms. The number of aromatic carboxylic acids is 1. The number of pyridine rings is 1. The Labute approximate surface area is 102 Å². The molecule has 0 bridgehead atoms. The summed E-state index contributed by atoms with van der Waals surface area (Å²) < 4.78 is 13.5. The van der Waals surface area contributed by atoms with Crippen molar-refractivity contribution in [3.8, 4) is 0 Å². The first-order valence-corrected chi connectivity index (χ1v) is 5.44. The Kier molecular flexibility index (Phi) is 2.98. The van der Waals surface area contributed by atoms with Crippen LogP contribution in [0.5, 0.6) is 0 Å². The van der Waals surface area contributed by atoms with E-state index in [-0.39, 0.29) is 16.2 Å². The fourth-order valence-corrected chi connectivity index (χ4v) is 2.15. The molecule has 1 N–H and O–H groups in total.